The lowest BCUT2D eigenvalue weighted by molar-refractivity contribution is -0.116. The predicted molar refractivity (Wildman–Crippen MR) is 75.8 cm³/mol. The van der Waals surface area contributed by atoms with Crippen LogP contribution in [0, 0.1) is 0 Å². The summed E-state index contributed by atoms with van der Waals surface area (Å²) in [6, 6.07) is 1.13. The van der Waals surface area contributed by atoms with Crippen LogP contribution in [0.15, 0.2) is 16.9 Å². The first-order chi connectivity index (χ1) is 10.5. The summed E-state index contributed by atoms with van der Waals surface area (Å²) in [5, 5.41) is 8.96. The van der Waals surface area contributed by atoms with Crippen molar-refractivity contribution in [3.8, 4) is 0 Å². The Hall–Kier alpha value is -2.97. The number of nitrogens with zero attached hydrogens (tertiary/aromatic N) is 3. The Kier molecular flexibility index (Phi) is 3.45. The van der Waals surface area contributed by atoms with E-state index in [-0.39, 0.29) is 23.3 Å². The molecule has 0 radical (unpaired) electrons. The Morgan fingerprint density at radius 3 is 3.00 bits per heavy atom. The van der Waals surface area contributed by atoms with Gasteiger partial charge in [-0.15, -0.1) is 0 Å². The maximum absolute atomic E-state index is 12.4. The number of anilines is 2. The Balaban J connectivity index is 1.81. The summed E-state index contributed by atoms with van der Waals surface area (Å²) in [4.78, 5) is 31.8. The molecule has 0 fully saturated rings. The van der Waals surface area contributed by atoms with Crippen LogP contribution >= 0.6 is 0 Å². The van der Waals surface area contributed by atoms with Crippen LogP contribution in [0.4, 0.5) is 11.6 Å². The highest BCUT2D eigenvalue weighted by atomic mass is 16.5. The molecule has 0 aliphatic carbocycles. The molecule has 2 amide bonds. The second kappa shape index (κ2) is 5.43. The molecule has 3 rings (SSSR count). The quantitative estimate of drug-likeness (QED) is 0.747. The van der Waals surface area contributed by atoms with Crippen LogP contribution in [-0.4, -0.2) is 26.9 Å². The van der Waals surface area contributed by atoms with E-state index in [1.807, 2.05) is 0 Å². The smallest absolute Gasteiger partial charge is 0.270 e. The molecule has 2 aromatic heterocycles. The number of fused-ring (bicyclic) bond motifs is 1. The zero-order valence-corrected chi connectivity index (χ0v) is 11.8. The van der Waals surface area contributed by atoms with Crippen molar-refractivity contribution >= 4 is 23.5 Å². The molecular formula is C13H14N6O3. The van der Waals surface area contributed by atoms with Crippen LogP contribution in [0.1, 0.15) is 41.2 Å². The van der Waals surface area contributed by atoms with Gasteiger partial charge in [-0.05, 0) is 13.3 Å². The Labute approximate surface area is 125 Å². The van der Waals surface area contributed by atoms with Gasteiger partial charge in [-0.3, -0.25) is 9.59 Å². The lowest BCUT2D eigenvalue weighted by atomic mass is 10.0. The number of nitrogen functional groups attached to an aromatic ring is 1. The molecule has 114 valence electrons. The van der Waals surface area contributed by atoms with Gasteiger partial charge in [-0.1, -0.05) is 5.16 Å². The number of hydrogen-bond acceptors (Lipinski definition) is 7. The zero-order chi connectivity index (χ0) is 15.7. The maximum atomic E-state index is 12.4. The molecule has 0 spiro atoms. The van der Waals surface area contributed by atoms with Crippen LogP contribution in [0.2, 0.25) is 0 Å². The van der Waals surface area contributed by atoms with Gasteiger partial charge in [0.05, 0.1) is 6.04 Å². The molecule has 0 bridgehead atoms. The molecule has 3 heterocycles. The zero-order valence-electron chi connectivity index (χ0n) is 11.8. The van der Waals surface area contributed by atoms with Gasteiger partial charge < -0.3 is 20.9 Å². The molecule has 22 heavy (non-hydrogen) atoms. The third-order valence-corrected chi connectivity index (χ3v) is 3.34. The summed E-state index contributed by atoms with van der Waals surface area (Å²) in [6.45, 7) is 1.74. The second-order valence-corrected chi connectivity index (χ2v) is 4.95. The van der Waals surface area contributed by atoms with E-state index in [1.54, 1.807) is 13.0 Å². The summed E-state index contributed by atoms with van der Waals surface area (Å²) >= 11 is 0. The fraction of sp³-hybridized carbons (Fsp3) is 0.308. The van der Waals surface area contributed by atoms with Gasteiger partial charge >= 0.3 is 0 Å². The van der Waals surface area contributed by atoms with E-state index in [9.17, 15) is 9.59 Å². The molecule has 0 aromatic carbocycles. The van der Waals surface area contributed by atoms with Gasteiger partial charge in [0.25, 0.3) is 5.91 Å². The fourth-order valence-corrected chi connectivity index (χ4v) is 2.23. The van der Waals surface area contributed by atoms with E-state index in [2.05, 4.69) is 25.8 Å². The Morgan fingerprint density at radius 2 is 2.27 bits per heavy atom. The third kappa shape index (κ3) is 2.60. The average Bonchev–Trinajstić information content (AvgIpc) is 2.93. The number of rotatable bonds is 3. The van der Waals surface area contributed by atoms with Crippen molar-refractivity contribution in [3.63, 3.8) is 0 Å². The van der Waals surface area contributed by atoms with Crippen LogP contribution in [0.3, 0.4) is 0 Å². The average molecular weight is 302 g/mol. The van der Waals surface area contributed by atoms with Crippen LogP contribution in [-0.2, 0) is 11.2 Å². The summed E-state index contributed by atoms with van der Waals surface area (Å²) in [7, 11) is 0. The van der Waals surface area contributed by atoms with E-state index in [1.165, 1.54) is 6.33 Å². The van der Waals surface area contributed by atoms with E-state index in [4.69, 9.17) is 10.3 Å². The lowest BCUT2D eigenvalue weighted by Crippen LogP contribution is -2.30. The number of carbonyl (C=O) groups excluding carboxylic acids is 2. The van der Waals surface area contributed by atoms with Gasteiger partial charge in [0.1, 0.15) is 17.8 Å². The fourth-order valence-electron chi connectivity index (χ4n) is 2.23. The van der Waals surface area contributed by atoms with Crippen molar-refractivity contribution in [1.82, 2.24) is 20.4 Å². The van der Waals surface area contributed by atoms with Gasteiger partial charge in [0.2, 0.25) is 5.91 Å². The van der Waals surface area contributed by atoms with Crippen LogP contribution < -0.4 is 16.4 Å². The summed E-state index contributed by atoms with van der Waals surface area (Å²) in [5.41, 5.74) is 6.35. The molecule has 2 aromatic rings. The molecule has 1 atom stereocenters. The first-order valence-electron chi connectivity index (χ1n) is 6.71. The van der Waals surface area contributed by atoms with Crippen molar-refractivity contribution in [1.29, 1.82) is 0 Å². The summed E-state index contributed by atoms with van der Waals surface area (Å²) in [6.07, 6.45) is 1.97. The van der Waals surface area contributed by atoms with Crippen molar-refractivity contribution < 1.29 is 14.1 Å². The van der Waals surface area contributed by atoms with Crippen molar-refractivity contribution in [2.45, 2.75) is 25.8 Å². The van der Waals surface area contributed by atoms with E-state index < -0.39 is 6.04 Å². The largest absolute Gasteiger partial charge is 0.381 e. The van der Waals surface area contributed by atoms with Gasteiger partial charge in [-0.25, -0.2) is 9.97 Å². The third-order valence-electron chi connectivity index (χ3n) is 3.34. The highest BCUT2D eigenvalue weighted by Gasteiger charge is 2.24. The first-order valence-corrected chi connectivity index (χ1v) is 6.71. The molecule has 1 unspecified atom stereocenters. The predicted octanol–water partition coefficient (Wildman–Crippen LogP) is 0.423. The maximum Gasteiger partial charge on any atom is 0.270 e. The minimum Gasteiger partial charge on any atom is -0.381 e. The standard InChI is InChI=1S/C13H14N6O3/c1-6(8-4-9(14)19-22-8)17-13(21)11-7-2-3-10(20)18-12(7)16-5-15-11/h4-6H,2-3H2,1H3,(H2,14,19)(H,17,21)(H,15,16,18,20). The molecule has 9 heteroatoms. The number of hydrogen-bond donors (Lipinski definition) is 3. The minimum atomic E-state index is -0.416. The number of aromatic nitrogens is 3. The van der Waals surface area contributed by atoms with Crippen molar-refractivity contribution in [3.05, 3.63) is 29.4 Å². The second-order valence-electron chi connectivity index (χ2n) is 4.95. The molecule has 9 nitrogen and oxygen atoms in total. The number of nitrogens with one attached hydrogen (secondary N) is 2. The summed E-state index contributed by atoms with van der Waals surface area (Å²) in [5.74, 6) is 0.577. The molecule has 1 aliphatic rings. The lowest BCUT2D eigenvalue weighted by Gasteiger charge is -2.18. The molecule has 1 aliphatic heterocycles. The van der Waals surface area contributed by atoms with Gasteiger partial charge in [-0.2, -0.15) is 0 Å². The number of carbonyl (C=O) groups is 2. The molecular weight excluding hydrogens is 288 g/mol. The van der Waals surface area contributed by atoms with E-state index in [0.717, 1.165) is 0 Å². The summed E-state index contributed by atoms with van der Waals surface area (Å²) < 4.78 is 5.01. The Morgan fingerprint density at radius 1 is 1.45 bits per heavy atom. The highest BCUT2D eigenvalue weighted by Crippen LogP contribution is 2.23. The van der Waals surface area contributed by atoms with E-state index >= 15 is 0 Å². The molecule has 4 N–H and O–H groups in total. The number of amides is 2. The van der Waals surface area contributed by atoms with Crippen molar-refractivity contribution in [2.75, 3.05) is 11.1 Å². The number of nitrogens with two attached hydrogens (primary N) is 1. The van der Waals surface area contributed by atoms with Crippen molar-refractivity contribution in [2.24, 2.45) is 0 Å². The minimum absolute atomic E-state index is 0.122. The highest BCUT2D eigenvalue weighted by molar-refractivity contribution is 5.99. The van der Waals surface area contributed by atoms with Gasteiger partial charge in [0, 0.05) is 18.1 Å². The topological polar surface area (TPSA) is 136 Å². The normalized spacial score (nSPS) is 14.9. The van der Waals surface area contributed by atoms with E-state index in [0.29, 0.717) is 30.0 Å². The molecule has 0 saturated heterocycles. The van der Waals surface area contributed by atoms with Crippen LogP contribution in [0.5, 0.6) is 0 Å². The first kappa shape index (κ1) is 14.0. The van der Waals surface area contributed by atoms with Crippen LogP contribution in [0.25, 0.3) is 0 Å². The van der Waals surface area contributed by atoms with Gasteiger partial charge in [0.15, 0.2) is 11.6 Å². The Bertz CT molecular complexity index is 741. The monoisotopic (exact) mass is 302 g/mol. The molecule has 0 saturated carbocycles. The SMILES string of the molecule is CC(NC(=O)c1ncnc2c1CCC(=O)N2)c1cc(N)no1.